The van der Waals surface area contributed by atoms with Crippen LogP contribution in [-0.4, -0.2) is 181 Å². The SMILES string of the molecule is CCCCCCCCC(=O)N[C@@H](CCN)C(=O)N[C@H](C(=O)N[C@@H](CCN)C(=O)NC1CSSCC(C(N)=O)NC(=O)[C@H](CCN)NC(=O)[C@H](CC(C)C)NC(=O)[C@H](CCN)NC(=O)[C@H](Cc2ccccc2)NC(=O)C(CCN)NC1=O)[C@@H](C)O. The monoisotopic (exact) mass is 1220 g/mol. The number of carbonyl (C=O) groups excluding carboxylic acids is 11. The Kier molecular flexibility index (Phi) is 36.1. The Bertz CT molecular complexity index is 2270. The van der Waals surface area contributed by atoms with Gasteiger partial charge in [-0.2, -0.15) is 0 Å². The van der Waals surface area contributed by atoms with E-state index in [9.17, 15) is 57.8 Å². The van der Waals surface area contributed by atoms with Crippen molar-refractivity contribution in [3.05, 3.63) is 35.9 Å². The van der Waals surface area contributed by atoms with Crippen LogP contribution in [0.2, 0.25) is 0 Å². The molecular formula is C54H94N16O12S2. The zero-order chi connectivity index (χ0) is 62.7. The molecular weight excluding hydrogens is 1130 g/mol. The van der Waals surface area contributed by atoms with Crippen LogP contribution in [-0.2, 0) is 59.2 Å². The molecule has 1 aliphatic rings. The molecule has 0 saturated carbocycles. The van der Waals surface area contributed by atoms with Gasteiger partial charge >= 0.3 is 0 Å². The molecule has 84 heavy (non-hydrogen) atoms. The maximum Gasteiger partial charge on any atom is 0.245 e. The minimum atomic E-state index is -1.67. The molecule has 0 bridgehead atoms. The lowest BCUT2D eigenvalue weighted by Gasteiger charge is -2.28. The fourth-order valence-corrected chi connectivity index (χ4v) is 11.0. The van der Waals surface area contributed by atoms with E-state index in [1.807, 2.05) is 0 Å². The van der Waals surface area contributed by atoms with Crippen LogP contribution >= 0.6 is 21.6 Å². The van der Waals surface area contributed by atoms with Gasteiger partial charge in [0.05, 0.1) is 6.10 Å². The number of primary amides is 1. The van der Waals surface area contributed by atoms with Gasteiger partial charge in [0.25, 0.3) is 0 Å². The average Bonchev–Trinajstić information content (AvgIpc) is 3.64. The summed E-state index contributed by atoms with van der Waals surface area (Å²) in [5.74, 6) is -10.0. The Morgan fingerprint density at radius 2 is 1.05 bits per heavy atom. The van der Waals surface area contributed by atoms with E-state index in [4.69, 9.17) is 34.4 Å². The highest BCUT2D eigenvalue weighted by atomic mass is 33.1. The van der Waals surface area contributed by atoms with Crippen molar-refractivity contribution in [2.24, 2.45) is 40.3 Å². The molecule has 1 heterocycles. The summed E-state index contributed by atoms with van der Waals surface area (Å²) >= 11 is 0. The molecule has 1 aromatic rings. The maximum atomic E-state index is 14.5. The Balaban J connectivity index is 2.62. The van der Waals surface area contributed by atoms with Crippen molar-refractivity contribution in [2.75, 3.05) is 44.2 Å². The van der Waals surface area contributed by atoms with Crippen LogP contribution in [0.1, 0.15) is 117 Å². The molecule has 474 valence electrons. The van der Waals surface area contributed by atoms with Gasteiger partial charge in [0, 0.05) is 24.3 Å². The van der Waals surface area contributed by atoms with Crippen LogP contribution in [0.5, 0.6) is 0 Å². The quantitative estimate of drug-likeness (QED) is 0.0257. The molecule has 30 heteroatoms. The van der Waals surface area contributed by atoms with Gasteiger partial charge < -0.3 is 92.7 Å². The van der Waals surface area contributed by atoms with Gasteiger partial charge in [0.2, 0.25) is 65.0 Å². The summed E-state index contributed by atoms with van der Waals surface area (Å²) in [7, 11) is 1.88. The summed E-state index contributed by atoms with van der Waals surface area (Å²) in [4.78, 5) is 152. The first kappa shape index (κ1) is 74.0. The predicted molar refractivity (Wildman–Crippen MR) is 321 cm³/mol. The van der Waals surface area contributed by atoms with E-state index in [1.54, 1.807) is 44.2 Å². The van der Waals surface area contributed by atoms with Crippen LogP contribution in [0.3, 0.4) is 0 Å². The number of nitrogens with one attached hydrogen (secondary N) is 10. The molecule has 2 rings (SSSR count). The topological polar surface area (TPSA) is 484 Å². The van der Waals surface area contributed by atoms with Crippen molar-refractivity contribution >= 4 is 86.6 Å². The lowest BCUT2D eigenvalue weighted by atomic mass is 10.0. The van der Waals surface area contributed by atoms with Gasteiger partial charge in [-0.3, -0.25) is 52.7 Å². The van der Waals surface area contributed by atoms with E-state index < -0.39 is 132 Å². The normalized spacial score (nSPS) is 22.2. The minimum absolute atomic E-state index is 0.000929. The van der Waals surface area contributed by atoms with E-state index in [2.05, 4.69) is 60.1 Å². The highest BCUT2D eigenvalue weighted by molar-refractivity contribution is 8.76. The van der Waals surface area contributed by atoms with Gasteiger partial charge in [-0.1, -0.05) is 105 Å². The second-order valence-corrected chi connectivity index (χ2v) is 23.6. The van der Waals surface area contributed by atoms with E-state index in [1.165, 1.54) is 6.92 Å². The number of unbranched alkanes of at least 4 members (excludes halogenated alkanes) is 5. The van der Waals surface area contributed by atoms with Crippen molar-refractivity contribution in [2.45, 2.75) is 184 Å². The second kappa shape index (κ2) is 41.0. The number of benzene rings is 1. The van der Waals surface area contributed by atoms with E-state index in [0.29, 0.717) is 12.0 Å². The molecule has 11 atom stereocenters. The molecule has 1 aromatic carbocycles. The minimum Gasteiger partial charge on any atom is -0.391 e. The molecule has 1 saturated heterocycles. The molecule has 0 aliphatic carbocycles. The van der Waals surface area contributed by atoms with Crippen LogP contribution in [0.25, 0.3) is 0 Å². The van der Waals surface area contributed by atoms with Gasteiger partial charge in [-0.15, -0.1) is 0 Å². The summed E-state index contributed by atoms with van der Waals surface area (Å²) in [5.41, 5.74) is 35.7. The van der Waals surface area contributed by atoms with Gasteiger partial charge in [0.1, 0.15) is 60.4 Å². The molecule has 0 aromatic heterocycles. The average molecular weight is 1220 g/mol. The van der Waals surface area contributed by atoms with Crippen molar-refractivity contribution in [1.82, 2.24) is 53.2 Å². The standard InChI is InChI=1S/C54H94N16O12S2/c1-5-6-7-8-9-13-16-43(72)61-34(17-22-55)50(78)70-44(32(4)71)54(82)65-38(21-26-59)49(77)69-42-30-84-83-29-41(45(60)73)68-48(76)37(20-25-58)62-51(79)39(27-31(2)3)66-46(74)35(18-23-56)63-52(80)40(28-33-14-11-10-12-15-33)67-47(75)36(19-24-57)64-53(42)81/h10-12,14-15,31-32,34-42,44,71H,5-9,13,16-30,55-59H2,1-4H3,(H2,60,73)(H,61,72)(H,62,79)(H,63,80)(H,64,81)(H,65,82)(H,66,74)(H,67,75)(H,68,76)(H,69,77)(H,70,78)/t32-,34+,35+,36?,37+,38+,39+,40+,41?,42?,44+/m1/s1. The number of carbonyl (C=O) groups is 11. The summed E-state index contributed by atoms with van der Waals surface area (Å²) in [6.07, 6.45) is 3.52. The zero-order valence-corrected chi connectivity index (χ0v) is 50.5. The number of aliphatic hydroxyl groups excluding tert-OH is 1. The van der Waals surface area contributed by atoms with E-state index >= 15 is 0 Å². The first-order valence-electron chi connectivity index (χ1n) is 28.8. The lowest BCUT2D eigenvalue weighted by Crippen LogP contribution is -2.62. The number of nitrogens with two attached hydrogens (primary N) is 6. The number of aliphatic hydroxyl groups is 1. The maximum absolute atomic E-state index is 14.5. The van der Waals surface area contributed by atoms with Crippen LogP contribution in [0.4, 0.5) is 0 Å². The van der Waals surface area contributed by atoms with Gasteiger partial charge in [-0.25, -0.2) is 0 Å². The summed E-state index contributed by atoms with van der Waals surface area (Å²) in [6.45, 7) is 6.34. The van der Waals surface area contributed by atoms with Crippen LogP contribution < -0.4 is 87.6 Å². The highest BCUT2D eigenvalue weighted by Crippen LogP contribution is 2.24. The predicted octanol–water partition coefficient (Wildman–Crippen LogP) is -4.12. The smallest absolute Gasteiger partial charge is 0.245 e. The fourth-order valence-electron chi connectivity index (χ4n) is 8.71. The van der Waals surface area contributed by atoms with Gasteiger partial charge in [0.15, 0.2) is 0 Å². The molecule has 1 fully saturated rings. The number of rotatable bonds is 30. The van der Waals surface area contributed by atoms with E-state index in [0.717, 1.165) is 53.7 Å². The molecule has 23 N–H and O–H groups in total. The summed E-state index contributed by atoms with van der Waals surface area (Å²) < 4.78 is 0. The van der Waals surface area contributed by atoms with E-state index in [-0.39, 0.29) is 102 Å². The molecule has 0 radical (unpaired) electrons. The van der Waals surface area contributed by atoms with Crippen molar-refractivity contribution in [1.29, 1.82) is 0 Å². The zero-order valence-electron chi connectivity index (χ0n) is 48.9. The van der Waals surface area contributed by atoms with Gasteiger partial charge in [-0.05, 0) is 96.1 Å². The Morgan fingerprint density at radius 1 is 0.571 bits per heavy atom. The molecule has 28 nitrogen and oxygen atoms in total. The number of hydrogen-bond donors (Lipinski definition) is 17. The number of amides is 11. The van der Waals surface area contributed by atoms with Crippen LogP contribution in [0, 0.1) is 5.92 Å². The van der Waals surface area contributed by atoms with Crippen molar-refractivity contribution in [3.63, 3.8) is 0 Å². The highest BCUT2D eigenvalue weighted by Gasteiger charge is 2.37. The second-order valence-electron chi connectivity index (χ2n) is 21.0. The number of hydrogen-bond acceptors (Lipinski definition) is 19. The third-order valence-corrected chi connectivity index (χ3v) is 15.8. The first-order valence-corrected chi connectivity index (χ1v) is 31.3. The van der Waals surface area contributed by atoms with Crippen molar-refractivity contribution in [3.8, 4) is 0 Å². The Labute approximate surface area is 500 Å². The summed E-state index contributed by atoms with van der Waals surface area (Å²) in [5, 5.41) is 36.7. The van der Waals surface area contributed by atoms with Crippen molar-refractivity contribution < 1.29 is 57.8 Å². The van der Waals surface area contributed by atoms with Crippen LogP contribution in [0.15, 0.2) is 30.3 Å². The largest absolute Gasteiger partial charge is 0.391 e. The molecule has 1 aliphatic heterocycles. The first-order chi connectivity index (χ1) is 40.0. The molecule has 11 amide bonds. The summed E-state index contributed by atoms with van der Waals surface area (Å²) in [6, 6.07) is -5.48. The molecule has 0 spiro atoms. The third-order valence-electron chi connectivity index (χ3n) is 13.4. The Morgan fingerprint density at radius 3 is 1.57 bits per heavy atom. The Hall–Kier alpha value is -6.15. The fraction of sp³-hybridized carbons (Fsp3) is 0.685. The lowest BCUT2D eigenvalue weighted by molar-refractivity contribution is -0.136. The third kappa shape index (κ3) is 27.7. The molecule has 3 unspecified atom stereocenters.